The van der Waals surface area contributed by atoms with Crippen molar-refractivity contribution in [1.82, 2.24) is 5.32 Å². The van der Waals surface area contributed by atoms with Crippen molar-refractivity contribution >= 4 is 6.09 Å². The predicted octanol–water partition coefficient (Wildman–Crippen LogP) is 0.895. The molecule has 0 radical (unpaired) electrons. The first-order valence-electron chi connectivity index (χ1n) is 3.70. The van der Waals surface area contributed by atoms with Crippen LogP contribution >= 0.6 is 0 Å². The molecular weight excluding hydrogens is 130 g/mol. The second kappa shape index (κ2) is 1.65. The van der Waals surface area contributed by atoms with E-state index < -0.39 is 0 Å². The van der Waals surface area contributed by atoms with Crippen molar-refractivity contribution in [2.45, 2.75) is 25.4 Å². The van der Waals surface area contributed by atoms with E-state index in [-0.39, 0.29) is 11.7 Å². The lowest BCUT2D eigenvalue weighted by Gasteiger charge is -2.42. The summed E-state index contributed by atoms with van der Waals surface area (Å²) >= 11 is 0. The molecule has 56 valence electrons. The Labute approximate surface area is 59.7 Å². The lowest BCUT2D eigenvalue weighted by molar-refractivity contribution is -0.0575. The number of hydrogen-bond acceptors (Lipinski definition) is 2. The first kappa shape index (κ1) is 6.01. The van der Waals surface area contributed by atoms with Crippen LogP contribution in [0.3, 0.4) is 0 Å². The third-order valence-corrected chi connectivity index (χ3v) is 2.73. The Hall–Kier alpha value is -0.730. The fourth-order valence-corrected chi connectivity index (χ4v) is 1.65. The molecule has 1 heterocycles. The van der Waals surface area contributed by atoms with Crippen LogP contribution in [0.15, 0.2) is 0 Å². The van der Waals surface area contributed by atoms with Crippen molar-refractivity contribution in [3.8, 4) is 0 Å². The average molecular weight is 141 g/mol. The number of amides is 1. The van der Waals surface area contributed by atoms with Gasteiger partial charge in [-0.3, -0.25) is 0 Å². The molecule has 3 heteroatoms. The quantitative estimate of drug-likeness (QED) is 0.544. The molecule has 1 saturated heterocycles. The minimum absolute atomic E-state index is 0.114. The normalized spacial score (nSPS) is 44.5. The molecule has 1 aliphatic carbocycles. The summed E-state index contributed by atoms with van der Waals surface area (Å²) in [5.74, 6) is 0.548. The van der Waals surface area contributed by atoms with E-state index in [9.17, 15) is 4.79 Å². The van der Waals surface area contributed by atoms with E-state index in [1.807, 2.05) is 0 Å². The molecule has 10 heavy (non-hydrogen) atoms. The van der Waals surface area contributed by atoms with Crippen LogP contribution in [-0.2, 0) is 4.74 Å². The summed E-state index contributed by atoms with van der Waals surface area (Å²) < 4.78 is 5.15. The molecule has 1 amide bonds. The molecule has 1 aliphatic heterocycles. The Balaban J connectivity index is 2.11. The van der Waals surface area contributed by atoms with Gasteiger partial charge in [0.2, 0.25) is 0 Å². The first-order valence-corrected chi connectivity index (χ1v) is 3.70. The van der Waals surface area contributed by atoms with Crippen molar-refractivity contribution in [3.63, 3.8) is 0 Å². The molecule has 2 aliphatic rings. The van der Waals surface area contributed by atoms with Gasteiger partial charge in [-0.1, -0.05) is 6.92 Å². The van der Waals surface area contributed by atoms with E-state index in [2.05, 4.69) is 12.2 Å². The van der Waals surface area contributed by atoms with Gasteiger partial charge in [-0.05, 0) is 18.8 Å². The van der Waals surface area contributed by atoms with Gasteiger partial charge in [-0.15, -0.1) is 0 Å². The lowest BCUT2D eigenvalue weighted by Crippen LogP contribution is -2.48. The summed E-state index contributed by atoms with van der Waals surface area (Å²) in [6.07, 6.45) is 1.98. The summed E-state index contributed by atoms with van der Waals surface area (Å²) in [7, 11) is 0. The van der Waals surface area contributed by atoms with Gasteiger partial charge in [-0.25, -0.2) is 4.79 Å². The summed E-state index contributed by atoms with van der Waals surface area (Å²) in [5, 5.41) is 2.68. The maximum Gasteiger partial charge on any atom is 0.407 e. The number of ether oxygens (including phenoxy) is 1. The number of carbonyl (C=O) groups is 1. The van der Waals surface area contributed by atoms with Crippen LogP contribution in [0.5, 0.6) is 0 Å². The zero-order valence-corrected chi connectivity index (χ0v) is 6.02. The predicted molar refractivity (Wildman–Crippen MR) is 35.6 cm³/mol. The minimum Gasteiger partial charge on any atom is -0.441 e. The summed E-state index contributed by atoms with van der Waals surface area (Å²) in [4.78, 5) is 10.7. The Morgan fingerprint density at radius 1 is 1.80 bits per heavy atom. The second-order valence-electron chi connectivity index (χ2n) is 3.25. The Kier molecular flexibility index (Phi) is 0.993. The van der Waals surface area contributed by atoms with E-state index in [1.165, 1.54) is 6.42 Å². The van der Waals surface area contributed by atoms with Crippen LogP contribution in [0.1, 0.15) is 19.8 Å². The minimum atomic E-state index is -0.244. The van der Waals surface area contributed by atoms with E-state index in [4.69, 9.17) is 4.74 Å². The maximum atomic E-state index is 10.7. The van der Waals surface area contributed by atoms with Gasteiger partial charge in [0, 0.05) is 0 Å². The lowest BCUT2D eigenvalue weighted by atomic mass is 9.71. The highest BCUT2D eigenvalue weighted by Crippen LogP contribution is 2.42. The summed E-state index contributed by atoms with van der Waals surface area (Å²) in [5.41, 5.74) is -0.114. The fourth-order valence-electron chi connectivity index (χ4n) is 1.65. The summed E-state index contributed by atoms with van der Waals surface area (Å²) in [6.45, 7) is 2.84. The van der Waals surface area contributed by atoms with Crippen LogP contribution in [0, 0.1) is 5.92 Å². The van der Waals surface area contributed by atoms with Crippen molar-refractivity contribution in [1.29, 1.82) is 0 Å². The van der Waals surface area contributed by atoms with Crippen LogP contribution in [0.25, 0.3) is 0 Å². The van der Waals surface area contributed by atoms with E-state index in [1.54, 1.807) is 0 Å². The van der Waals surface area contributed by atoms with Gasteiger partial charge in [0.25, 0.3) is 0 Å². The highest BCUT2D eigenvalue weighted by atomic mass is 16.6. The smallest absolute Gasteiger partial charge is 0.407 e. The van der Waals surface area contributed by atoms with E-state index >= 15 is 0 Å². The van der Waals surface area contributed by atoms with Crippen molar-refractivity contribution in [2.24, 2.45) is 5.92 Å². The summed E-state index contributed by atoms with van der Waals surface area (Å²) in [6, 6.07) is 0. The molecule has 3 nitrogen and oxygen atoms in total. The van der Waals surface area contributed by atoms with Crippen LogP contribution in [0.4, 0.5) is 4.79 Å². The molecule has 0 aromatic rings. The van der Waals surface area contributed by atoms with Crippen LogP contribution < -0.4 is 5.32 Å². The molecule has 0 aromatic carbocycles. The first-order chi connectivity index (χ1) is 4.73. The second-order valence-corrected chi connectivity index (χ2v) is 3.25. The number of hydrogen-bond donors (Lipinski definition) is 1. The van der Waals surface area contributed by atoms with Gasteiger partial charge in [-0.2, -0.15) is 0 Å². The Bertz CT molecular complexity index is 180. The zero-order valence-electron chi connectivity index (χ0n) is 6.02. The Morgan fingerprint density at radius 3 is 2.80 bits per heavy atom. The van der Waals surface area contributed by atoms with E-state index in [0.29, 0.717) is 12.5 Å². The van der Waals surface area contributed by atoms with Gasteiger partial charge in [0.15, 0.2) is 0 Å². The van der Waals surface area contributed by atoms with Crippen molar-refractivity contribution in [2.75, 3.05) is 6.54 Å². The largest absolute Gasteiger partial charge is 0.441 e. The van der Waals surface area contributed by atoms with Gasteiger partial charge in [0.1, 0.15) is 5.60 Å². The molecule has 1 N–H and O–H groups in total. The van der Waals surface area contributed by atoms with Crippen molar-refractivity contribution in [3.05, 3.63) is 0 Å². The molecular formula is C7H11NO2. The molecule has 2 rings (SSSR count). The topological polar surface area (TPSA) is 38.3 Å². The number of rotatable bonds is 0. The van der Waals surface area contributed by atoms with Crippen LogP contribution in [-0.4, -0.2) is 18.2 Å². The molecule has 2 fully saturated rings. The maximum absolute atomic E-state index is 10.7. The molecule has 2 atom stereocenters. The van der Waals surface area contributed by atoms with Crippen molar-refractivity contribution < 1.29 is 9.53 Å². The van der Waals surface area contributed by atoms with Gasteiger partial charge in [0.05, 0.1) is 6.54 Å². The number of alkyl carbamates (subject to hydrolysis) is 1. The fraction of sp³-hybridized carbons (Fsp3) is 0.857. The molecule has 0 aromatic heterocycles. The Morgan fingerprint density at radius 2 is 2.60 bits per heavy atom. The highest BCUT2D eigenvalue weighted by molar-refractivity contribution is 5.70. The van der Waals surface area contributed by atoms with Crippen LogP contribution in [0.2, 0.25) is 0 Å². The SMILES string of the molecule is CC1CCC12CNC(=O)O2. The molecule has 1 saturated carbocycles. The van der Waals surface area contributed by atoms with Gasteiger partial charge < -0.3 is 10.1 Å². The third-order valence-electron chi connectivity index (χ3n) is 2.73. The molecule has 2 unspecified atom stereocenters. The highest BCUT2D eigenvalue weighted by Gasteiger charge is 2.51. The van der Waals surface area contributed by atoms with Gasteiger partial charge >= 0.3 is 6.09 Å². The number of carbonyl (C=O) groups excluding carboxylic acids is 1. The average Bonchev–Trinajstić information content (AvgIpc) is 2.31. The molecule has 1 spiro atoms. The van der Waals surface area contributed by atoms with E-state index in [0.717, 1.165) is 6.42 Å². The monoisotopic (exact) mass is 141 g/mol. The standard InChI is InChI=1S/C7H11NO2/c1-5-2-3-7(5)4-8-6(9)10-7/h5H,2-4H2,1H3,(H,8,9). The zero-order chi connectivity index (χ0) is 7.19. The molecule has 0 bridgehead atoms. The third kappa shape index (κ3) is 0.576. The number of nitrogens with one attached hydrogen (secondary N) is 1.